The van der Waals surface area contributed by atoms with Gasteiger partial charge in [-0.05, 0) is 30.7 Å². The summed E-state index contributed by atoms with van der Waals surface area (Å²) in [5, 5.41) is 9.50. The smallest absolute Gasteiger partial charge is 0.325 e. The normalized spacial score (nSPS) is 19.7. The Bertz CT molecular complexity index is 1430. The van der Waals surface area contributed by atoms with Crippen LogP contribution in [0.2, 0.25) is 0 Å². The highest BCUT2D eigenvalue weighted by Gasteiger charge is 2.49. The first-order valence-electron chi connectivity index (χ1n) is 11.6. The van der Waals surface area contributed by atoms with Gasteiger partial charge in [-0.3, -0.25) is 20.1 Å². The lowest BCUT2D eigenvalue weighted by Gasteiger charge is -2.37. The Hall–Kier alpha value is -4.47. The third-order valence-corrected chi connectivity index (χ3v) is 6.51. The van der Waals surface area contributed by atoms with Gasteiger partial charge in [0.15, 0.2) is 12.2 Å². The number of hydrogen-bond acceptors (Lipinski definition) is 6. The first-order valence-corrected chi connectivity index (χ1v) is 11.6. The number of nitrogens with zero attached hydrogens (tertiary/aromatic N) is 5. The molecule has 4 heterocycles. The van der Waals surface area contributed by atoms with E-state index in [1.807, 2.05) is 66.4 Å². The Morgan fingerprint density at radius 2 is 1.89 bits per heavy atom. The number of aromatic amines is 2. The van der Waals surface area contributed by atoms with E-state index in [0.29, 0.717) is 19.5 Å². The van der Waals surface area contributed by atoms with Crippen LogP contribution < -0.4 is 5.32 Å². The van der Waals surface area contributed by atoms with Crippen LogP contribution in [0, 0.1) is 0 Å². The molecule has 2 aromatic heterocycles. The lowest BCUT2D eigenvalue weighted by atomic mass is 10.1. The van der Waals surface area contributed by atoms with Crippen molar-refractivity contribution in [3.8, 4) is 11.3 Å². The minimum Gasteiger partial charge on any atom is -0.342 e. The topological polar surface area (TPSA) is 122 Å². The second-order valence-corrected chi connectivity index (χ2v) is 8.66. The maximum Gasteiger partial charge on any atom is 0.325 e. The van der Waals surface area contributed by atoms with E-state index in [4.69, 9.17) is 9.98 Å². The van der Waals surface area contributed by atoms with Crippen molar-refractivity contribution in [1.29, 1.82) is 0 Å². The summed E-state index contributed by atoms with van der Waals surface area (Å²) in [4.78, 5) is 42.0. The lowest BCUT2D eigenvalue weighted by molar-refractivity contribution is -0.127. The Labute approximate surface area is 201 Å². The molecule has 10 nitrogen and oxygen atoms in total. The number of urea groups is 1. The highest BCUT2D eigenvalue weighted by atomic mass is 16.2. The van der Waals surface area contributed by atoms with Crippen LogP contribution in [-0.2, 0) is 17.8 Å². The summed E-state index contributed by atoms with van der Waals surface area (Å²) in [6.07, 6.45) is 1.57. The number of likely N-dealkylation sites (N-methyl/N-ethyl adjacent to an activating group) is 1. The molecule has 2 aromatic carbocycles. The third kappa shape index (κ3) is 3.72. The number of H-pyrrole nitrogens is 2. The molecule has 4 aromatic rings. The maximum atomic E-state index is 12.9. The number of rotatable bonds is 6. The van der Waals surface area contributed by atoms with E-state index in [2.05, 4.69) is 20.5 Å². The number of aliphatic imine (C=N–C) groups is 1. The van der Waals surface area contributed by atoms with Crippen molar-refractivity contribution in [3.05, 3.63) is 72.2 Å². The summed E-state index contributed by atoms with van der Waals surface area (Å²) < 4.78 is 0. The summed E-state index contributed by atoms with van der Waals surface area (Å²) in [5.74, 6) is 1.14. The van der Waals surface area contributed by atoms with Crippen LogP contribution in [-0.4, -0.2) is 66.5 Å². The maximum absolute atomic E-state index is 12.9. The van der Waals surface area contributed by atoms with Crippen LogP contribution >= 0.6 is 0 Å². The number of amides is 3. The van der Waals surface area contributed by atoms with Gasteiger partial charge in [0.1, 0.15) is 11.7 Å². The van der Waals surface area contributed by atoms with Crippen LogP contribution in [0.4, 0.5) is 4.79 Å². The van der Waals surface area contributed by atoms with Gasteiger partial charge in [-0.1, -0.05) is 36.4 Å². The van der Waals surface area contributed by atoms with Gasteiger partial charge < -0.3 is 9.88 Å². The average molecular weight is 469 g/mol. The number of nitrogens with one attached hydrogen (secondary N) is 3. The van der Waals surface area contributed by atoms with Crippen molar-refractivity contribution < 1.29 is 9.59 Å². The van der Waals surface area contributed by atoms with E-state index < -0.39 is 18.2 Å². The van der Waals surface area contributed by atoms with Crippen LogP contribution in [0.5, 0.6) is 0 Å². The number of amidine groups is 1. The summed E-state index contributed by atoms with van der Waals surface area (Å²) in [6.45, 7) is 2.85. The molecule has 6 rings (SSSR count). The molecule has 1 saturated heterocycles. The van der Waals surface area contributed by atoms with Gasteiger partial charge >= 0.3 is 6.03 Å². The van der Waals surface area contributed by atoms with Crippen molar-refractivity contribution in [2.75, 3.05) is 6.54 Å². The molecule has 0 saturated carbocycles. The van der Waals surface area contributed by atoms with Crippen molar-refractivity contribution in [3.63, 3.8) is 0 Å². The van der Waals surface area contributed by atoms with Gasteiger partial charge in [0.25, 0.3) is 5.91 Å². The fourth-order valence-electron chi connectivity index (χ4n) is 4.83. The molecule has 2 aliphatic heterocycles. The number of imide groups is 1. The van der Waals surface area contributed by atoms with Crippen LogP contribution in [0.25, 0.3) is 22.3 Å². The first-order chi connectivity index (χ1) is 17.1. The van der Waals surface area contributed by atoms with E-state index in [1.54, 1.807) is 11.1 Å². The number of carbonyl (C=O) groups is 2. The second kappa shape index (κ2) is 8.39. The zero-order valence-electron chi connectivity index (χ0n) is 19.1. The van der Waals surface area contributed by atoms with Gasteiger partial charge in [0.2, 0.25) is 0 Å². The number of imidazole rings is 1. The van der Waals surface area contributed by atoms with Crippen LogP contribution in [0.3, 0.4) is 0 Å². The molecule has 35 heavy (non-hydrogen) atoms. The molecule has 2 aliphatic rings. The predicted octanol–water partition coefficient (Wildman–Crippen LogP) is 2.68. The SMILES string of the molecule is CCN1C(=O)NC(=O)C2C1N=C(Cc1nc3ccc(-c4ccn[nH]4)cc3[nH]1)N2Cc1ccccc1. The second-order valence-electron chi connectivity index (χ2n) is 8.66. The number of benzene rings is 2. The lowest BCUT2D eigenvalue weighted by Crippen LogP contribution is -2.64. The van der Waals surface area contributed by atoms with Crippen molar-refractivity contribution in [2.45, 2.75) is 32.1 Å². The first kappa shape index (κ1) is 21.1. The fraction of sp³-hybridized carbons (Fsp3) is 0.240. The molecule has 0 radical (unpaired) electrons. The molecular formula is C25H24N8O2. The van der Waals surface area contributed by atoms with Crippen LogP contribution in [0.15, 0.2) is 65.8 Å². The Balaban J connectivity index is 1.34. The minimum absolute atomic E-state index is 0.326. The third-order valence-electron chi connectivity index (χ3n) is 6.51. The Morgan fingerprint density at radius 3 is 2.66 bits per heavy atom. The molecule has 0 bridgehead atoms. The van der Waals surface area contributed by atoms with Crippen molar-refractivity contribution in [2.24, 2.45) is 4.99 Å². The standard InChI is InChI=1S/C25H24N8O2/c1-2-32-23-22(24(34)30-25(32)35)33(14-15-6-4-3-5-7-15)21(29-23)13-20-27-18-9-8-16(12-19(18)28-20)17-10-11-26-31-17/h3-12,22-23H,2,13-14H2,1H3,(H,26,31)(H,27,28)(H,30,34,35). The molecular weight excluding hydrogens is 444 g/mol. The van der Waals surface area contributed by atoms with Gasteiger partial charge in [-0.15, -0.1) is 0 Å². The van der Waals surface area contributed by atoms with Crippen molar-refractivity contribution in [1.82, 2.24) is 35.3 Å². The quantitative estimate of drug-likeness (QED) is 0.402. The van der Waals surface area contributed by atoms with E-state index >= 15 is 0 Å². The summed E-state index contributed by atoms with van der Waals surface area (Å²) in [5.41, 5.74) is 4.74. The fourth-order valence-corrected chi connectivity index (χ4v) is 4.83. The van der Waals surface area contributed by atoms with E-state index in [0.717, 1.165) is 39.5 Å². The summed E-state index contributed by atoms with van der Waals surface area (Å²) >= 11 is 0. The Morgan fingerprint density at radius 1 is 1.03 bits per heavy atom. The zero-order valence-corrected chi connectivity index (χ0v) is 19.1. The van der Waals surface area contributed by atoms with Gasteiger partial charge in [-0.2, -0.15) is 5.10 Å². The number of hydrogen-bond donors (Lipinski definition) is 3. The van der Waals surface area contributed by atoms with Crippen molar-refractivity contribution >= 4 is 28.8 Å². The molecule has 3 amide bonds. The minimum atomic E-state index is -0.584. The molecule has 3 N–H and O–H groups in total. The molecule has 0 spiro atoms. The number of fused-ring (bicyclic) bond motifs is 2. The van der Waals surface area contributed by atoms with E-state index in [-0.39, 0.29) is 5.91 Å². The predicted molar refractivity (Wildman–Crippen MR) is 130 cm³/mol. The molecule has 10 heteroatoms. The highest BCUT2D eigenvalue weighted by Crippen LogP contribution is 2.28. The molecule has 1 fully saturated rings. The van der Waals surface area contributed by atoms with Crippen LogP contribution in [0.1, 0.15) is 18.3 Å². The summed E-state index contributed by atoms with van der Waals surface area (Å²) in [6, 6.07) is 16.9. The zero-order chi connectivity index (χ0) is 23.9. The van der Waals surface area contributed by atoms with Gasteiger partial charge in [0, 0.05) is 24.8 Å². The van der Waals surface area contributed by atoms with E-state index in [9.17, 15) is 9.59 Å². The number of aromatic nitrogens is 4. The van der Waals surface area contributed by atoms with Gasteiger partial charge in [-0.25, -0.2) is 14.8 Å². The van der Waals surface area contributed by atoms with E-state index in [1.165, 1.54) is 0 Å². The van der Waals surface area contributed by atoms with Gasteiger partial charge in [0.05, 0.1) is 23.1 Å². The summed E-state index contributed by atoms with van der Waals surface area (Å²) in [7, 11) is 0. The highest BCUT2D eigenvalue weighted by molar-refractivity contribution is 6.04. The molecule has 2 atom stereocenters. The number of carbonyl (C=O) groups excluding carboxylic acids is 2. The molecule has 0 aliphatic carbocycles. The largest absolute Gasteiger partial charge is 0.342 e. The average Bonchev–Trinajstić information content (AvgIpc) is 3.59. The molecule has 2 unspecified atom stereocenters. The monoisotopic (exact) mass is 468 g/mol. The molecule has 176 valence electrons. The Kier molecular flexibility index (Phi) is 5.05.